The van der Waals surface area contributed by atoms with Gasteiger partial charge in [-0.05, 0) is 29.8 Å². The maximum atomic E-state index is 13.5. The van der Waals surface area contributed by atoms with Crippen molar-refractivity contribution in [3.63, 3.8) is 0 Å². The van der Waals surface area contributed by atoms with Crippen LogP contribution in [-0.2, 0) is 12.7 Å². The number of hydrogen-bond donors (Lipinski definition) is 2. The van der Waals surface area contributed by atoms with Crippen molar-refractivity contribution in [1.29, 1.82) is 10.5 Å². The minimum Gasteiger partial charge on any atom is -0.493 e. The Morgan fingerprint density at radius 3 is 2.51 bits per heavy atom. The Labute approximate surface area is 207 Å². The van der Waals surface area contributed by atoms with Crippen molar-refractivity contribution < 1.29 is 32.7 Å². The van der Waals surface area contributed by atoms with Crippen molar-refractivity contribution >= 4 is 23.2 Å². The van der Waals surface area contributed by atoms with Gasteiger partial charge in [0.05, 0.1) is 30.8 Å². The van der Waals surface area contributed by atoms with Crippen LogP contribution in [0, 0.1) is 32.8 Å². The van der Waals surface area contributed by atoms with E-state index in [2.05, 4.69) is 5.10 Å². The molecule has 14 heteroatoms. The number of hydrogen-bond acceptors (Lipinski definition) is 9. The van der Waals surface area contributed by atoms with E-state index in [-0.39, 0.29) is 47.3 Å². The number of anilines is 1. The molecule has 2 aromatic carbocycles. The first-order valence-electron chi connectivity index (χ1n) is 10.2. The molecule has 1 aromatic heterocycles. The standard InChI is InChI=1S/C23H17F3N6O5/c1-36-20-9-13(8-14(11-27)21-16(12-28)22(29)31(30-21)6-7-33)2-4-19(20)37-18-5-3-15(32(34)35)10-17(18)23(24,25)26/h2-5,8-10,33H,6-7,29H2,1H3. The molecule has 0 fully saturated rings. The number of aliphatic hydroxyl groups is 1. The number of nitro benzene ring substituents is 1. The number of ether oxygens (including phenoxy) is 2. The Hall–Kier alpha value is -5.08. The number of nitriles is 2. The van der Waals surface area contributed by atoms with Crippen molar-refractivity contribution in [2.75, 3.05) is 19.5 Å². The zero-order valence-corrected chi connectivity index (χ0v) is 19.0. The van der Waals surface area contributed by atoms with E-state index >= 15 is 0 Å². The van der Waals surface area contributed by atoms with E-state index in [0.29, 0.717) is 11.6 Å². The first kappa shape index (κ1) is 26.5. The summed E-state index contributed by atoms with van der Waals surface area (Å²) in [7, 11) is 1.24. The number of methoxy groups -OCH3 is 1. The number of halogens is 3. The molecule has 0 unspecified atom stereocenters. The fourth-order valence-corrected chi connectivity index (χ4v) is 3.28. The predicted molar refractivity (Wildman–Crippen MR) is 123 cm³/mol. The summed E-state index contributed by atoms with van der Waals surface area (Å²) < 4.78 is 52.3. The lowest BCUT2D eigenvalue weighted by Gasteiger charge is -2.15. The molecule has 0 saturated carbocycles. The second kappa shape index (κ2) is 10.7. The molecule has 0 spiro atoms. The quantitative estimate of drug-likeness (QED) is 0.255. The molecule has 0 atom stereocenters. The average Bonchev–Trinajstić information content (AvgIpc) is 3.17. The zero-order chi connectivity index (χ0) is 27.3. The number of nitro groups is 1. The Morgan fingerprint density at radius 1 is 1.24 bits per heavy atom. The molecule has 1 heterocycles. The number of aliphatic hydroxyl groups excluding tert-OH is 1. The van der Waals surface area contributed by atoms with Gasteiger partial charge in [-0.25, -0.2) is 4.68 Å². The van der Waals surface area contributed by atoms with Crippen LogP contribution in [-0.4, -0.2) is 33.5 Å². The van der Waals surface area contributed by atoms with Gasteiger partial charge in [0.15, 0.2) is 11.5 Å². The van der Waals surface area contributed by atoms with Crippen LogP contribution < -0.4 is 15.2 Å². The van der Waals surface area contributed by atoms with Crippen LogP contribution in [0.2, 0.25) is 0 Å². The number of non-ortho nitro benzene ring substituents is 1. The summed E-state index contributed by atoms with van der Waals surface area (Å²) in [6.07, 6.45) is -3.58. The summed E-state index contributed by atoms with van der Waals surface area (Å²) in [4.78, 5) is 9.95. The van der Waals surface area contributed by atoms with Crippen LogP contribution in [0.4, 0.5) is 24.7 Å². The molecule has 0 bridgehead atoms. The van der Waals surface area contributed by atoms with Crippen molar-refractivity contribution in [3.05, 3.63) is 68.9 Å². The second-order valence-electron chi connectivity index (χ2n) is 7.28. The van der Waals surface area contributed by atoms with E-state index in [4.69, 9.17) is 20.3 Å². The highest BCUT2D eigenvalue weighted by Crippen LogP contribution is 2.42. The van der Waals surface area contributed by atoms with Gasteiger partial charge in [-0.15, -0.1) is 0 Å². The fraction of sp³-hybridized carbons (Fsp3) is 0.174. The monoisotopic (exact) mass is 514 g/mol. The second-order valence-corrected chi connectivity index (χ2v) is 7.28. The van der Waals surface area contributed by atoms with E-state index in [1.54, 1.807) is 0 Å². The third kappa shape index (κ3) is 5.61. The van der Waals surface area contributed by atoms with Gasteiger partial charge in [-0.1, -0.05) is 6.07 Å². The summed E-state index contributed by atoms with van der Waals surface area (Å²) in [5, 5.41) is 43.3. The highest BCUT2D eigenvalue weighted by molar-refractivity contribution is 5.91. The normalized spacial score (nSPS) is 11.5. The third-order valence-corrected chi connectivity index (χ3v) is 4.99. The van der Waals surface area contributed by atoms with E-state index in [0.717, 1.165) is 12.1 Å². The summed E-state index contributed by atoms with van der Waals surface area (Å²) >= 11 is 0. The molecule has 11 nitrogen and oxygen atoms in total. The summed E-state index contributed by atoms with van der Waals surface area (Å²) in [6, 6.07) is 9.92. The Morgan fingerprint density at radius 2 is 1.95 bits per heavy atom. The molecule has 37 heavy (non-hydrogen) atoms. The Balaban J connectivity index is 2.02. The van der Waals surface area contributed by atoms with Crippen LogP contribution >= 0.6 is 0 Å². The minimum absolute atomic E-state index is 0.00163. The maximum absolute atomic E-state index is 13.5. The number of rotatable bonds is 8. The van der Waals surface area contributed by atoms with Gasteiger partial charge in [0.25, 0.3) is 5.69 Å². The van der Waals surface area contributed by atoms with E-state index in [1.807, 2.05) is 12.1 Å². The minimum atomic E-state index is -4.93. The first-order valence-corrected chi connectivity index (χ1v) is 10.2. The van der Waals surface area contributed by atoms with Gasteiger partial charge in [0, 0.05) is 12.1 Å². The molecule has 0 radical (unpaired) electrons. The summed E-state index contributed by atoms with van der Waals surface area (Å²) in [5.41, 5.74) is 3.98. The number of alkyl halides is 3. The molecule has 190 valence electrons. The van der Waals surface area contributed by atoms with Crippen LogP contribution in [0.3, 0.4) is 0 Å². The van der Waals surface area contributed by atoms with Crippen LogP contribution in [0.15, 0.2) is 36.4 Å². The fourth-order valence-electron chi connectivity index (χ4n) is 3.28. The van der Waals surface area contributed by atoms with E-state index in [9.17, 15) is 33.8 Å². The van der Waals surface area contributed by atoms with Gasteiger partial charge in [-0.3, -0.25) is 10.1 Å². The van der Waals surface area contributed by atoms with Crippen LogP contribution in [0.5, 0.6) is 17.2 Å². The Bertz CT molecular complexity index is 1470. The zero-order valence-electron chi connectivity index (χ0n) is 19.0. The maximum Gasteiger partial charge on any atom is 0.420 e. The number of nitrogens with two attached hydrogens (primary N) is 1. The van der Waals surface area contributed by atoms with Gasteiger partial charge in [-0.2, -0.15) is 28.8 Å². The van der Waals surface area contributed by atoms with Gasteiger partial charge >= 0.3 is 6.18 Å². The van der Waals surface area contributed by atoms with Gasteiger partial charge in [0.2, 0.25) is 0 Å². The summed E-state index contributed by atoms with van der Waals surface area (Å²) in [6.45, 7) is -0.299. The molecule has 0 saturated heterocycles. The molecular formula is C23H17F3N6O5. The lowest BCUT2D eigenvalue weighted by molar-refractivity contribution is -0.385. The molecule has 0 aliphatic heterocycles. The molecule has 0 aliphatic rings. The van der Waals surface area contributed by atoms with E-state index < -0.39 is 28.1 Å². The largest absolute Gasteiger partial charge is 0.493 e. The van der Waals surface area contributed by atoms with E-state index in [1.165, 1.54) is 36.1 Å². The smallest absolute Gasteiger partial charge is 0.420 e. The number of nitrogen functional groups attached to an aromatic ring is 1. The predicted octanol–water partition coefficient (Wildman–Crippen LogP) is 4.12. The lowest BCUT2D eigenvalue weighted by Crippen LogP contribution is -2.08. The van der Waals surface area contributed by atoms with Crippen molar-refractivity contribution in [2.24, 2.45) is 0 Å². The lowest BCUT2D eigenvalue weighted by atomic mass is 10.1. The van der Waals surface area contributed by atoms with Crippen molar-refractivity contribution in [3.8, 4) is 29.4 Å². The molecule has 3 N–H and O–H groups in total. The van der Waals surface area contributed by atoms with Crippen LogP contribution in [0.25, 0.3) is 11.6 Å². The molecule has 0 amide bonds. The number of aromatic nitrogens is 2. The van der Waals surface area contributed by atoms with Gasteiger partial charge in [0.1, 0.15) is 40.5 Å². The topological polar surface area (TPSA) is 173 Å². The molecule has 0 aliphatic carbocycles. The molecule has 3 rings (SSSR count). The first-order chi connectivity index (χ1) is 17.5. The van der Waals surface area contributed by atoms with Crippen LogP contribution in [0.1, 0.15) is 22.4 Å². The Kier molecular flexibility index (Phi) is 7.65. The van der Waals surface area contributed by atoms with Crippen molar-refractivity contribution in [1.82, 2.24) is 9.78 Å². The third-order valence-electron chi connectivity index (χ3n) is 4.99. The molecular weight excluding hydrogens is 497 g/mol. The highest BCUT2D eigenvalue weighted by atomic mass is 19.4. The molecule has 3 aromatic rings. The van der Waals surface area contributed by atoms with Crippen molar-refractivity contribution in [2.45, 2.75) is 12.7 Å². The number of allylic oxidation sites excluding steroid dienone is 1. The average molecular weight is 514 g/mol. The number of nitrogens with zero attached hydrogens (tertiary/aromatic N) is 5. The SMILES string of the molecule is COc1cc(C=C(C#N)c2nn(CCO)c(N)c2C#N)ccc1Oc1ccc([N+](=O)[O-])cc1C(F)(F)F. The van der Waals surface area contributed by atoms with Gasteiger partial charge < -0.3 is 20.3 Å². The number of benzene rings is 2. The summed E-state index contributed by atoms with van der Waals surface area (Å²) in [5.74, 6) is -0.853. The highest BCUT2D eigenvalue weighted by Gasteiger charge is 2.36.